The first kappa shape index (κ1) is 23.8. The number of anilines is 3. The second-order valence-corrected chi connectivity index (χ2v) is 8.75. The fourth-order valence-corrected chi connectivity index (χ4v) is 4.20. The van der Waals surface area contributed by atoms with Crippen molar-refractivity contribution in [1.82, 2.24) is 39.9 Å². The second-order valence-electron chi connectivity index (χ2n) is 8.75. The molecular formula is C24H21F3N10O. The van der Waals surface area contributed by atoms with Gasteiger partial charge in [0.05, 0.1) is 6.20 Å². The number of fused-ring (bicyclic) bond motifs is 2. The summed E-state index contributed by atoms with van der Waals surface area (Å²) in [5.74, 6) is 1.89. The van der Waals surface area contributed by atoms with Crippen LogP contribution >= 0.6 is 0 Å². The lowest BCUT2D eigenvalue weighted by Gasteiger charge is -2.34. The Kier molecular flexibility index (Phi) is 5.87. The van der Waals surface area contributed by atoms with E-state index in [2.05, 4.69) is 40.7 Å². The molecule has 1 aromatic carbocycles. The maximum atomic E-state index is 13.2. The van der Waals surface area contributed by atoms with Gasteiger partial charge >= 0.3 is 6.18 Å². The van der Waals surface area contributed by atoms with E-state index in [1.165, 1.54) is 23.8 Å². The van der Waals surface area contributed by atoms with E-state index in [1.54, 1.807) is 22.8 Å². The van der Waals surface area contributed by atoms with Crippen LogP contribution in [0.1, 0.15) is 5.56 Å². The Hall–Kier alpha value is -4.59. The van der Waals surface area contributed by atoms with Gasteiger partial charge in [-0.1, -0.05) is 0 Å². The molecule has 0 saturated carbocycles. The summed E-state index contributed by atoms with van der Waals surface area (Å²) in [7, 11) is 0. The standard InChI is InChI=1S/C24H21F3N10O/c1-14-8-15(2-3-18(14)38-16-4-6-37-20(9-16)31-13-33-37)34-22-21-17(30-12-32-22)10-29-23(35-21)36-7-5-28-19(11-36)24(25,26)27/h2-4,6,8-10,12-13,19,28H,5,7,11H2,1H3,(H,30,32,34)/t19-/m0/s1. The normalized spacial score (nSPS) is 16.2. The number of aromatic nitrogens is 7. The number of benzene rings is 1. The molecule has 11 nitrogen and oxygen atoms in total. The van der Waals surface area contributed by atoms with Gasteiger partial charge in [0, 0.05) is 37.6 Å². The van der Waals surface area contributed by atoms with Crippen LogP contribution in [0.3, 0.4) is 0 Å². The number of nitrogens with zero attached hydrogens (tertiary/aromatic N) is 8. The Bertz CT molecular complexity index is 1620. The smallest absolute Gasteiger partial charge is 0.405 e. The minimum atomic E-state index is -4.36. The van der Waals surface area contributed by atoms with Gasteiger partial charge in [-0.3, -0.25) is 0 Å². The first-order valence-electron chi connectivity index (χ1n) is 11.7. The molecule has 0 radical (unpaired) electrons. The lowest BCUT2D eigenvalue weighted by atomic mass is 10.2. The Morgan fingerprint density at radius 1 is 1.08 bits per heavy atom. The van der Waals surface area contributed by atoms with Crippen molar-refractivity contribution in [3.8, 4) is 11.5 Å². The molecule has 0 unspecified atom stereocenters. The fourth-order valence-electron chi connectivity index (χ4n) is 4.20. The summed E-state index contributed by atoms with van der Waals surface area (Å²) in [5, 5.41) is 9.80. The highest BCUT2D eigenvalue weighted by Crippen LogP contribution is 2.30. The summed E-state index contributed by atoms with van der Waals surface area (Å²) in [6, 6.07) is 7.49. The predicted octanol–water partition coefficient (Wildman–Crippen LogP) is 3.65. The number of alkyl halides is 3. The highest BCUT2D eigenvalue weighted by Gasteiger charge is 2.42. The van der Waals surface area contributed by atoms with Crippen LogP contribution in [0.25, 0.3) is 16.7 Å². The summed E-state index contributed by atoms with van der Waals surface area (Å²) < 4.78 is 47.4. The maximum absolute atomic E-state index is 13.2. The van der Waals surface area contributed by atoms with Crippen LogP contribution in [-0.4, -0.2) is 66.4 Å². The molecule has 38 heavy (non-hydrogen) atoms. The first-order chi connectivity index (χ1) is 18.3. The van der Waals surface area contributed by atoms with Crippen molar-refractivity contribution in [2.24, 2.45) is 0 Å². The van der Waals surface area contributed by atoms with Crippen LogP contribution in [0.4, 0.5) is 30.6 Å². The van der Waals surface area contributed by atoms with E-state index in [-0.39, 0.29) is 19.0 Å². The van der Waals surface area contributed by atoms with Crippen molar-refractivity contribution in [1.29, 1.82) is 0 Å². The Morgan fingerprint density at radius 2 is 1.97 bits per heavy atom. The maximum Gasteiger partial charge on any atom is 0.405 e. The molecule has 14 heteroatoms. The van der Waals surface area contributed by atoms with Gasteiger partial charge in [-0.25, -0.2) is 29.4 Å². The third kappa shape index (κ3) is 4.72. The molecule has 1 saturated heterocycles. The van der Waals surface area contributed by atoms with Crippen molar-refractivity contribution in [3.63, 3.8) is 0 Å². The molecule has 1 atom stereocenters. The van der Waals surface area contributed by atoms with Crippen molar-refractivity contribution in [2.45, 2.75) is 19.1 Å². The number of halogens is 3. The molecule has 6 rings (SSSR count). The highest BCUT2D eigenvalue weighted by molar-refractivity contribution is 5.87. The van der Waals surface area contributed by atoms with E-state index in [0.29, 0.717) is 40.5 Å². The summed E-state index contributed by atoms with van der Waals surface area (Å²) in [4.78, 5) is 23.0. The molecule has 194 valence electrons. The third-order valence-corrected chi connectivity index (χ3v) is 6.14. The molecule has 1 fully saturated rings. The lowest BCUT2D eigenvalue weighted by molar-refractivity contribution is -0.155. The molecule has 0 spiro atoms. The number of nitrogens with one attached hydrogen (secondary N) is 2. The van der Waals surface area contributed by atoms with E-state index in [4.69, 9.17) is 4.74 Å². The van der Waals surface area contributed by atoms with E-state index >= 15 is 0 Å². The van der Waals surface area contributed by atoms with Crippen LogP contribution < -0.4 is 20.3 Å². The summed E-state index contributed by atoms with van der Waals surface area (Å²) in [6.07, 6.45) is 1.75. The molecule has 5 heterocycles. The molecule has 0 amide bonds. The second kappa shape index (κ2) is 9.37. The number of aryl methyl sites for hydroxylation is 1. The van der Waals surface area contributed by atoms with E-state index in [1.807, 2.05) is 25.1 Å². The van der Waals surface area contributed by atoms with Crippen molar-refractivity contribution in [3.05, 3.63) is 60.9 Å². The van der Waals surface area contributed by atoms with Gasteiger partial charge in [0.2, 0.25) is 5.95 Å². The topological polar surface area (TPSA) is 118 Å². The zero-order valence-electron chi connectivity index (χ0n) is 20.0. The summed E-state index contributed by atoms with van der Waals surface area (Å²) >= 11 is 0. The Labute approximate surface area is 213 Å². The lowest BCUT2D eigenvalue weighted by Crippen LogP contribution is -2.57. The number of rotatable bonds is 5. The molecular weight excluding hydrogens is 501 g/mol. The summed E-state index contributed by atoms with van der Waals surface area (Å²) in [6.45, 7) is 2.15. The number of pyridine rings is 1. The number of ether oxygens (including phenoxy) is 1. The zero-order valence-corrected chi connectivity index (χ0v) is 20.0. The number of hydrogen-bond acceptors (Lipinski definition) is 10. The SMILES string of the molecule is Cc1cc(Nc2ncnc3cnc(N4CCN[C@H](C(F)(F)F)C4)nc23)ccc1Oc1ccn2ncnc2c1. The average Bonchev–Trinajstić information content (AvgIpc) is 3.38. The first-order valence-corrected chi connectivity index (χ1v) is 11.7. The van der Waals surface area contributed by atoms with Crippen molar-refractivity contribution < 1.29 is 17.9 Å². The van der Waals surface area contributed by atoms with Crippen molar-refractivity contribution >= 4 is 34.1 Å². The highest BCUT2D eigenvalue weighted by atomic mass is 19.4. The van der Waals surface area contributed by atoms with Crippen LogP contribution in [0.2, 0.25) is 0 Å². The fraction of sp³-hybridized carbons (Fsp3) is 0.250. The molecule has 4 aromatic heterocycles. The molecule has 0 aliphatic carbocycles. The van der Waals surface area contributed by atoms with Gasteiger partial charge in [0.25, 0.3) is 0 Å². The van der Waals surface area contributed by atoms with Crippen molar-refractivity contribution in [2.75, 3.05) is 29.9 Å². The van der Waals surface area contributed by atoms with Gasteiger partial charge in [-0.05, 0) is 36.8 Å². The minimum absolute atomic E-state index is 0.169. The largest absolute Gasteiger partial charge is 0.457 e. The van der Waals surface area contributed by atoms with E-state index < -0.39 is 12.2 Å². The van der Waals surface area contributed by atoms with Crippen LogP contribution in [0.15, 0.2) is 55.4 Å². The van der Waals surface area contributed by atoms with Gasteiger partial charge < -0.3 is 20.3 Å². The quantitative estimate of drug-likeness (QED) is 0.354. The van der Waals surface area contributed by atoms with E-state index in [0.717, 1.165) is 11.3 Å². The Balaban J connectivity index is 1.24. The number of hydrogen-bond donors (Lipinski definition) is 2. The number of piperazine rings is 1. The van der Waals surface area contributed by atoms with Gasteiger partial charge in [-0.2, -0.15) is 18.3 Å². The average molecular weight is 522 g/mol. The molecule has 0 bridgehead atoms. The summed E-state index contributed by atoms with van der Waals surface area (Å²) in [5.41, 5.74) is 3.13. The molecule has 1 aliphatic heterocycles. The molecule has 1 aliphatic rings. The van der Waals surface area contributed by atoms with Crippen LogP contribution in [-0.2, 0) is 0 Å². The van der Waals surface area contributed by atoms with Crippen LogP contribution in [0.5, 0.6) is 11.5 Å². The Morgan fingerprint density at radius 3 is 2.82 bits per heavy atom. The van der Waals surface area contributed by atoms with Gasteiger partial charge in [0.15, 0.2) is 11.5 Å². The predicted molar refractivity (Wildman–Crippen MR) is 133 cm³/mol. The van der Waals surface area contributed by atoms with E-state index in [9.17, 15) is 13.2 Å². The van der Waals surface area contributed by atoms with Gasteiger partial charge in [0.1, 0.15) is 41.2 Å². The zero-order chi connectivity index (χ0) is 26.3. The molecule has 2 N–H and O–H groups in total. The third-order valence-electron chi connectivity index (χ3n) is 6.14. The monoisotopic (exact) mass is 522 g/mol. The molecule has 5 aromatic rings. The van der Waals surface area contributed by atoms with Crippen LogP contribution in [0, 0.1) is 6.92 Å². The minimum Gasteiger partial charge on any atom is -0.457 e. The van der Waals surface area contributed by atoms with Gasteiger partial charge in [-0.15, -0.1) is 0 Å².